The van der Waals surface area contributed by atoms with Crippen molar-refractivity contribution in [1.29, 1.82) is 0 Å². The Morgan fingerprint density at radius 2 is 1.87 bits per heavy atom. The van der Waals surface area contributed by atoms with Gasteiger partial charge in [0.2, 0.25) is 0 Å². The highest BCUT2D eigenvalue weighted by molar-refractivity contribution is 8.01. The number of rotatable bonds is 4. The molecule has 1 N–H and O–H groups in total. The van der Waals surface area contributed by atoms with E-state index in [0.717, 1.165) is 26.9 Å². The lowest BCUT2D eigenvalue weighted by Crippen LogP contribution is -2.27. The number of thioether (sulfide) groups is 1. The van der Waals surface area contributed by atoms with E-state index in [1.54, 1.807) is 32.4 Å². The quantitative estimate of drug-likeness (QED) is 0.727. The number of hydrogen-bond donors (Lipinski definition) is 1. The minimum absolute atomic E-state index is 0.843. The van der Waals surface area contributed by atoms with Gasteiger partial charge >= 0.3 is 5.97 Å². The average molecular weight is 324 g/mol. The Bertz CT molecular complexity index is 872. The van der Waals surface area contributed by atoms with E-state index >= 15 is 0 Å². The number of hydrogen-bond acceptors (Lipinski definition) is 4. The lowest BCUT2D eigenvalue weighted by molar-refractivity contribution is -0.138. The molecule has 4 nitrogen and oxygen atoms in total. The highest BCUT2D eigenvalue weighted by Gasteiger charge is 2.29. The van der Waals surface area contributed by atoms with E-state index in [1.165, 1.54) is 11.8 Å². The van der Waals surface area contributed by atoms with Gasteiger partial charge in [-0.15, -0.1) is 11.8 Å². The fraction of sp³-hybridized carbons (Fsp3) is 0.167. The molecule has 0 bridgehead atoms. The van der Waals surface area contributed by atoms with Crippen LogP contribution in [0.3, 0.4) is 0 Å². The summed E-state index contributed by atoms with van der Waals surface area (Å²) in [5.41, 5.74) is 2.83. The summed E-state index contributed by atoms with van der Waals surface area (Å²) in [5, 5.41) is 10.4. The second-order valence-corrected chi connectivity index (χ2v) is 7.33. The molecule has 116 valence electrons. The number of aromatic nitrogens is 2. The van der Waals surface area contributed by atoms with Gasteiger partial charge in [-0.25, -0.2) is 0 Å². The van der Waals surface area contributed by atoms with E-state index in [2.05, 4.69) is 9.97 Å². The summed E-state index contributed by atoms with van der Waals surface area (Å²) in [6.45, 7) is 3.41. The third-order valence-corrected chi connectivity index (χ3v) is 4.86. The number of pyridine rings is 2. The molecular weight excluding hydrogens is 308 g/mol. The van der Waals surface area contributed by atoms with Gasteiger partial charge in [0.05, 0.1) is 5.52 Å². The van der Waals surface area contributed by atoms with Crippen LogP contribution in [0.4, 0.5) is 0 Å². The summed E-state index contributed by atoms with van der Waals surface area (Å²) < 4.78 is -0.918. The van der Waals surface area contributed by atoms with Gasteiger partial charge in [-0.3, -0.25) is 14.8 Å². The molecule has 0 unspecified atom stereocenters. The third kappa shape index (κ3) is 3.05. The van der Waals surface area contributed by atoms with Gasteiger partial charge in [0, 0.05) is 34.4 Å². The first-order chi connectivity index (χ1) is 11.0. The first-order valence-corrected chi connectivity index (χ1v) is 8.01. The second kappa shape index (κ2) is 6.01. The van der Waals surface area contributed by atoms with E-state index in [9.17, 15) is 9.90 Å². The molecule has 2 heterocycles. The molecule has 0 aliphatic rings. The van der Waals surface area contributed by atoms with Gasteiger partial charge in [-0.2, -0.15) is 0 Å². The van der Waals surface area contributed by atoms with Crippen LogP contribution in [0, 0.1) is 0 Å². The average Bonchev–Trinajstić information content (AvgIpc) is 2.54. The normalized spacial score (nSPS) is 11.6. The molecule has 5 heteroatoms. The van der Waals surface area contributed by atoms with Crippen LogP contribution in [0.1, 0.15) is 13.8 Å². The summed E-state index contributed by atoms with van der Waals surface area (Å²) in [6.07, 6.45) is 5.23. The molecule has 0 aliphatic carbocycles. The van der Waals surface area contributed by atoms with Crippen molar-refractivity contribution in [3.05, 3.63) is 55.0 Å². The van der Waals surface area contributed by atoms with Gasteiger partial charge < -0.3 is 5.11 Å². The fourth-order valence-corrected chi connectivity index (χ4v) is 3.36. The van der Waals surface area contributed by atoms with E-state index in [1.807, 2.05) is 36.4 Å². The molecule has 0 saturated heterocycles. The molecule has 0 aliphatic heterocycles. The monoisotopic (exact) mass is 324 g/mol. The van der Waals surface area contributed by atoms with Gasteiger partial charge in [0.25, 0.3) is 0 Å². The molecule has 0 amide bonds. The van der Waals surface area contributed by atoms with Gasteiger partial charge in [0.1, 0.15) is 4.75 Å². The Labute approximate surface area is 138 Å². The topological polar surface area (TPSA) is 63.1 Å². The maximum absolute atomic E-state index is 11.4. The van der Waals surface area contributed by atoms with Gasteiger partial charge in [-0.05, 0) is 37.6 Å². The Kier molecular flexibility index (Phi) is 4.05. The molecule has 3 rings (SSSR count). The number of nitrogens with zero attached hydrogens (tertiary/aromatic N) is 2. The number of aliphatic carboxylic acids is 1. The van der Waals surface area contributed by atoms with Crippen molar-refractivity contribution in [2.45, 2.75) is 23.5 Å². The lowest BCUT2D eigenvalue weighted by Gasteiger charge is -2.20. The van der Waals surface area contributed by atoms with Crippen LogP contribution in [0.25, 0.3) is 22.0 Å². The number of para-hydroxylation sites is 1. The predicted molar refractivity (Wildman–Crippen MR) is 92.5 cm³/mol. The minimum atomic E-state index is -0.918. The van der Waals surface area contributed by atoms with Crippen LogP contribution >= 0.6 is 11.8 Å². The first-order valence-electron chi connectivity index (χ1n) is 7.19. The molecule has 0 spiro atoms. The van der Waals surface area contributed by atoms with Crippen molar-refractivity contribution in [3.8, 4) is 11.1 Å². The van der Waals surface area contributed by atoms with E-state index in [-0.39, 0.29) is 0 Å². The largest absolute Gasteiger partial charge is 0.480 e. The van der Waals surface area contributed by atoms with E-state index in [0.29, 0.717) is 0 Å². The van der Waals surface area contributed by atoms with Crippen molar-refractivity contribution in [1.82, 2.24) is 9.97 Å². The number of carboxylic acid groups (broad SMARTS) is 1. The first kappa shape index (κ1) is 15.5. The zero-order valence-corrected chi connectivity index (χ0v) is 13.7. The molecule has 1 aromatic carbocycles. The van der Waals surface area contributed by atoms with Crippen molar-refractivity contribution >= 4 is 28.6 Å². The Balaban J connectivity index is 2.15. The molecule has 0 fully saturated rings. The summed E-state index contributed by atoms with van der Waals surface area (Å²) in [7, 11) is 0. The summed E-state index contributed by atoms with van der Waals surface area (Å²) in [4.78, 5) is 20.9. The molecule has 2 aromatic heterocycles. The number of fused-ring (bicyclic) bond motifs is 1. The highest BCUT2D eigenvalue weighted by atomic mass is 32.2. The number of benzene rings is 1. The van der Waals surface area contributed by atoms with Crippen molar-refractivity contribution in [3.63, 3.8) is 0 Å². The SMILES string of the molecule is CC(C)(Sc1ccncc1-c1ccnc2ccccc12)C(=O)O. The maximum atomic E-state index is 11.4. The predicted octanol–water partition coefficient (Wildman–Crippen LogP) is 4.25. The van der Waals surface area contributed by atoms with Crippen molar-refractivity contribution < 1.29 is 9.90 Å². The van der Waals surface area contributed by atoms with Crippen LogP contribution in [-0.4, -0.2) is 25.8 Å². The van der Waals surface area contributed by atoms with Crippen LogP contribution in [0.15, 0.2) is 59.9 Å². The Morgan fingerprint density at radius 3 is 2.65 bits per heavy atom. The zero-order chi connectivity index (χ0) is 16.4. The maximum Gasteiger partial charge on any atom is 0.319 e. The fourth-order valence-electron chi connectivity index (χ4n) is 2.32. The smallest absolute Gasteiger partial charge is 0.319 e. The van der Waals surface area contributed by atoms with Crippen molar-refractivity contribution in [2.24, 2.45) is 0 Å². The molecule has 0 atom stereocenters. The van der Waals surface area contributed by atoms with Crippen LogP contribution in [0.2, 0.25) is 0 Å². The number of carboxylic acids is 1. The van der Waals surface area contributed by atoms with E-state index < -0.39 is 10.7 Å². The Morgan fingerprint density at radius 1 is 1.09 bits per heavy atom. The lowest BCUT2D eigenvalue weighted by atomic mass is 10.0. The second-order valence-electron chi connectivity index (χ2n) is 5.67. The molecule has 0 radical (unpaired) electrons. The highest BCUT2D eigenvalue weighted by Crippen LogP contribution is 2.40. The minimum Gasteiger partial charge on any atom is -0.480 e. The van der Waals surface area contributed by atoms with Crippen molar-refractivity contribution in [2.75, 3.05) is 0 Å². The standard InChI is InChI=1S/C18H16N2O2S/c1-18(2,17(21)22)23-16-8-9-19-11-14(16)12-7-10-20-15-6-4-3-5-13(12)15/h3-11H,1-2H3,(H,21,22). The van der Waals surface area contributed by atoms with Gasteiger partial charge in [0.15, 0.2) is 0 Å². The van der Waals surface area contributed by atoms with Crippen LogP contribution < -0.4 is 0 Å². The van der Waals surface area contributed by atoms with Crippen LogP contribution in [0.5, 0.6) is 0 Å². The van der Waals surface area contributed by atoms with E-state index in [4.69, 9.17) is 0 Å². The zero-order valence-electron chi connectivity index (χ0n) is 12.9. The molecule has 23 heavy (non-hydrogen) atoms. The summed E-state index contributed by atoms with van der Waals surface area (Å²) >= 11 is 1.32. The van der Waals surface area contributed by atoms with Crippen LogP contribution in [-0.2, 0) is 4.79 Å². The summed E-state index contributed by atoms with van der Waals surface area (Å²) in [5.74, 6) is -0.843. The van der Waals surface area contributed by atoms with Gasteiger partial charge in [-0.1, -0.05) is 18.2 Å². The molecular formula is C18H16N2O2S. The third-order valence-electron chi connectivity index (χ3n) is 3.60. The summed E-state index contributed by atoms with van der Waals surface area (Å²) in [6, 6.07) is 11.7. The Hall–Kier alpha value is -2.40. The molecule has 0 saturated carbocycles. The number of carbonyl (C=O) groups is 1. The molecule has 3 aromatic rings.